The number of aromatic nitrogens is 1. The van der Waals surface area contributed by atoms with Crippen molar-refractivity contribution in [2.75, 3.05) is 7.05 Å². The van der Waals surface area contributed by atoms with Gasteiger partial charge in [0.25, 0.3) is 0 Å². The molecule has 0 saturated carbocycles. The van der Waals surface area contributed by atoms with Crippen LogP contribution in [0, 0.1) is 0 Å². The standard InChI is InChI=1S/C11H12N2S2/c1-12-15-10-6-4-2-3-5-9(10)11-13-7-8-14-11/h2-3,5-8,12H,4H2,1H3. The molecule has 1 aliphatic carbocycles. The Labute approximate surface area is 97.9 Å². The van der Waals surface area contributed by atoms with Crippen molar-refractivity contribution < 1.29 is 0 Å². The molecule has 2 rings (SSSR count). The predicted molar refractivity (Wildman–Crippen MR) is 68.6 cm³/mol. The van der Waals surface area contributed by atoms with Gasteiger partial charge >= 0.3 is 0 Å². The molecule has 0 atom stereocenters. The highest BCUT2D eigenvalue weighted by atomic mass is 32.2. The van der Waals surface area contributed by atoms with Crippen molar-refractivity contribution in [3.05, 3.63) is 45.8 Å². The molecular weight excluding hydrogens is 224 g/mol. The maximum atomic E-state index is 4.35. The van der Waals surface area contributed by atoms with E-state index >= 15 is 0 Å². The van der Waals surface area contributed by atoms with Gasteiger partial charge in [-0.1, -0.05) is 24.3 Å². The van der Waals surface area contributed by atoms with Crippen molar-refractivity contribution in [2.45, 2.75) is 6.42 Å². The molecule has 0 saturated heterocycles. The van der Waals surface area contributed by atoms with Gasteiger partial charge in [0, 0.05) is 22.1 Å². The minimum atomic E-state index is 0.982. The van der Waals surface area contributed by atoms with Crippen LogP contribution in [0.3, 0.4) is 0 Å². The van der Waals surface area contributed by atoms with E-state index < -0.39 is 0 Å². The maximum absolute atomic E-state index is 4.35. The molecule has 0 radical (unpaired) electrons. The summed E-state index contributed by atoms with van der Waals surface area (Å²) in [7, 11) is 1.93. The first-order valence-electron chi connectivity index (χ1n) is 4.72. The largest absolute Gasteiger partial charge is 0.263 e. The van der Waals surface area contributed by atoms with E-state index in [0.717, 1.165) is 11.4 Å². The van der Waals surface area contributed by atoms with Gasteiger partial charge in [-0.25, -0.2) is 4.98 Å². The first kappa shape index (κ1) is 10.7. The van der Waals surface area contributed by atoms with E-state index in [2.05, 4.69) is 34.0 Å². The molecule has 4 heteroatoms. The molecule has 1 heterocycles. The molecule has 0 amide bonds. The van der Waals surface area contributed by atoms with Crippen LogP contribution in [0.1, 0.15) is 11.4 Å². The summed E-state index contributed by atoms with van der Waals surface area (Å²) in [4.78, 5) is 5.60. The molecule has 1 aromatic rings. The Morgan fingerprint density at radius 1 is 1.53 bits per heavy atom. The SMILES string of the molecule is CNSC1=CCC=CC=C1c1nccs1. The van der Waals surface area contributed by atoms with Gasteiger partial charge in [-0.3, -0.25) is 4.72 Å². The molecule has 0 spiro atoms. The Morgan fingerprint density at radius 2 is 2.47 bits per heavy atom. The lowest BCUT2D eigenvalue weighted by atomic mass is 10.2. The molecule has 0 aliphatic heterocycles. The summed E-state index contributed by atoms with van der Waals surface area (Å²) >= 11 is 3.31. The number of hydrogen-bond donors (Lipinski definition) is 1. The monoisotopic (exact) mass is 236 g/mol. The van der Waals surface area contributed by atoms with Crippen LogP contribution in [0.15, 0.2) is 40.8 Å². The Balaban J connectivity index is 2.33. The maximum Gasteiger partial charge on any atom is 0.124 e. The van der Waals surface area contributed by atoms with E-state index in [1.807, 2.05) is 18.6 Å². The van der Waals surface area contributed by atoms with Gasteiger partial charge in [0.1, 0.15) is 5.01 Å². The number of nitrogens with zero attached hydrogens (tertiary/aromatic N) is 1. The second-order valence-electron chi connectivity index (χ2n) is 2.96. The number of rotatable bonds is 3. The summed E-state index contributed by atoms with van der Waals surface area (Å²) in [6.45, 7) is 0. The summed E-state index contributed by atoms with van der Waals surface area (Å²) in [5, 5.41) is 3.09. The highest BCUT2D eigenvalue weighted by Gasteiger charge is 2.10. The Hall–Kier alpha value is -0.840. The fourth-order valence-electron chi connectivity index (χ4n) is 1.35. The molecule has 1 aromatic heterocycles. The van der Waals surface area contributed by atoms with Gasteiger partial charge < -0.3 is 0 Å². The zero-order valence-electron chi connectivity index (χ0n) is 8.43. The number of thiazole rings is 1. The molecule has 0 unspecified atom stereocenters. The number of hydrogen-bond acceptors (Lipinski definition) is 4. The fourth-order valence-corrected chi connectivity index (χ4v) is 2.77. The average Bonchev–Trinajstić information content (AvgIpc) is 2.67. The van der Waals surface area contributed by atoms with Crippen LogP contribution < -0.4 is 4.72 Å². The van der Waals surface area contributed by atoms with Crippen molar-refractivity contribution in [3.63, 3.8) is 0 Å². The van der Waals surface area contributed by atoms with Gasteiger partial charge in [0.2, 0.25) is 0 Å². The third-order valence-electron chi connectivity index (χ3n) is 1.98. The lowest BCUT2D eigenvalue weighted by Gasteiger charge is -2.06. The van der Waals surface area contributed by atoms with E-state index in [0.29, 0.717) is 0 Å². The van der Waals surface area contributed by atoms with E-state index in [4.69, 9.17) is 0 Å². The molecule has 0 aromatic carbocycles. The zero-order chi connectivity index (χ0) is 10.5. The van der Waals surface area contributed by atoms with Gasteiger partial charge in [-0.2, -0.15) is 0 Å². The molecular formula is C11H12N2S2. The predicted octanol–water partition coefficient (Wildman–Crippen LogP) is 3.24. The van der Waals surface area contributed by atoms with Gasteiger partial charge in [-0.05, 0) is 25.4 Å². The zero-order valence-corrected chi connectivity index (χ0v) is 10.1. The van der Waals surface area contributed by atoms with Crippen molar-refractivity contribution in [3.8, 4) is 0 Å². The van der Waals surface area contributed by atoms with Crippen LogP contribution in [0.4, 0.5) is 0 Å². The second-order valence-corrected chi connectivity index (χ2v) is 4.90. The van der Waals surface area contributed by atoms with Crippen molar-refractivity contribution in [1.82, 2.24) is 9.71 Å². The Kier molecular flexibility index (Phi) is 3.77. The summed E-state index contributed by atoms with van der Waals surface area (Å²) in [5.74, 6) is 0. The van der Waals surface area contributed by atoms with Crippen LogP contribution >= 0.6 is 23.3 Å². The van der Waals surface area contributed by atoms with Gasteiger partial charge in [0.05, 0.1) is 0 Å². The molecule has 1 aliphatic rings. The van der Waals surface area contributed by atoms with Crippen molar-refractivity contribution in [1.29, 1.82) is 0 Å². The second kappa shape index (κ2) is 5.30. The topological polar surface area (TPSA) is 24.9 Å². The molecule has 2 nitrogen and oxygen atoms in total. The molecule has 0 bridgehead atoms. The van der Waals surface area contributed by atoms with Crippen molar-refractivity contribution in [2.24, 2.45) is 0 Å². The van der Waals surface area contributed by atoms with Crippen LogP contribution in [0.5, 0.6) is 0 Å². The molecule has 0 fully saturated rings. The van der Waals surface area contributed by atoms with E-state index in [1.165, 1.54) is 10.5 Å². The summed E-state index contributed by atoms with van der Waals surface area (Å²) in [5.41, 5.74) is 1.21. The third kappa shape index (κ3) is 2.59. The third-order valence-corrected chi connectivity index (χ3v) is 3.60. The van der Waals surface area contributed by atoms with E-state index in [-0.39, 0.29) is 0 Å². The average molecular weight is 236 g/mol. The summed E-state index contributed by atoms with van der Waals surface area (Å²) in [6.07, 6.45) is 11.4. The van der Waals surface area contributed by atoms with Crippen LogP contribution in [-0.4, -0.2) is 12.0 Å². The molecule has 78 valence electrons. The lowest BCUT2D eigenvalue weighted by molar-refractivity contribution is 1.30. The molecule has 1 N–H and O–H groups in total. The first-order chi connectivity index (χ1) is 7.42. The van der Waals surface area contributed by atoms with Crippen LogP contribution in [-0.2, 0) is 0 Å². The number of nitrogens with one attached hydrogen (secondary N) is 1. The van der Waals surface area contributed by atoms with Crippen molar-refractivity contribution >= 4 is 28.9 Å². The minimum absolute atomic E-state index is 0.982. The first-order valence-corrected chi connectivity index (χ1v) is 6.42. The van der Waals surface area contributed by atoms with Gasteiger partial charge in [0.15, 0.2) is 0 Å². The van der Waals surface area contributed by atoms with Gasteiger partial charge in [-0.15, -0.1) is 11.3 Å². The highest BCUT2D eigenvalue weighted by molar-refractivity contribution is 8.01. The normalized spacial score (nSPS) is 15.8. The summed E-state index contributed by atoms with van der Waals surface area (Å²) < 4.78 is 3.11. The van der Waals surface area contributed by atoms with E-state index in [9.17, 15) is 0 Å². The Morgan fingerprint density at radius 3 is 3.20 bits per heavy atom. The fraction of sp³-hybridized carbons (Fsp3) is 0.182. The highest BCUT2D eigenvalue weighted by Crippen LogP contribution is 2.32. The lowest BCUT2D eigenvalue weighted by Crippen LogP contribution is -1.95. The van der Waals surface area contributed by atoms with Crippen LogP contribution in [0.25, 0.3) is 5.57 Å². The smallest absolute Gasteiger partial charge is 0.124 e. The summed E-state index contributed by atoms with van der Waals surface area (Å²) in [6, 6.07) is 0. The van der Waals surface area contributed by atoms with E-state index in [1.54, 1.807) is 23.3 Å². The van der Waals surface area contributed by atoms with Crippen LogP contribution in [0.2, 0.25) is 0 Å². The minimum Gasteiger partial charge on any atom is -0.263 e. The Bertz CT molecular complexity index is 402. The number of allylic oxidation sites excluding steroid dienone is 5. The molecule has 15 heavy (non-hydrogen) atoms. The quantitative estimate of drug-likeness (QED) is 0.816.